The van der Waals surface area contributed by atoms with E-state index in [0.717, 1.165) is 6.20 Å². The Morgan fingerprint density at radius 3 is 2.21 bits per heavy atom. The van der Waals surface area contributed by atoms with E-state index in [9.17, 15) is 32.7 Å². The highest BCUT2D eigenvalue weighted by Gasteiger charge is 2.52. The SMILES string of the molecule is CC1(C(=O)O)CCC(n2ncc(C(=O)NC(CC(=O)c3c(Cl)cncc3Cl)C3(F)CC3)c2C(F)(F)F)CC1. The lowest BCUT2D eigenvalue weighted by atomic mass is 9.74. The van der Waals surface area contributed by atoms with Crippen molar-refractivity contribution >= 4 is 40.9 Å². The first-order valence-corrected chi connectivity index (χ1v) is 12.6. The average Bonchev–Trinajstić information content (AvgIpc) is 3.40. The number of nitrogens with one attached hydrogen (secondary N) is 1. The number of aliphatic carboxylic acids is 1. The lowest BCUT2D eigenvalue weighted by molar-refractivity contribution is -0.152. The number of hydrogen-bond donors (Lipinski definition) is 2. The monoisotopic (exact) mass is 578 g/mol. The molecule has 0 spiro atoms. The normalized spacial score (nSPS) is 23.5. The van der Waals surface area contributed by atoms with Gasteiger partial charge in [-0.3, -0.25) is 24.0 Å². The molecule has 2 aromatic rings. The van der Waals surface area contributed by atoms with Crippen LogP contribution in [-0.4, -0.2) is 49.2 Å². The summed E-state index contributed by atoms with van der Waals surface area (Å²) in [7, 11) is 0. The van der Waals surface area contributed by atoms with Crippen molar-refractivity contribution in [3.63, 3.8) is 0 Å². The molecule has 0 aliphatic heterocycles. The van der Waals surface area contributed by atoms with E-state index < -0.39 is 64.7 Å². The number of pyridine rings is 1. The molecule has 38 heavy (non-hydrogen) atoms. The molecule has 2 aliphatic carbocycles. The van der Waals surface area contributed by atoms with Gasteiger partial charge in [0.2, 0.25) is 0 Å². The Hall–Kier alpha value is -2.73. The summed E-state index contributed by atoms with van der Waals surface area (Å²) in [5.74, 6) is -2.96. The van der Waals surface area contributed by atoms with E-state index in [-0.39, 0.29) is 54.1 Å². The zero-order valence-corrected chi connectivity index (χ0v) is 21.6. The predicted octanol–water partition coefficient (Wildman–Crippen LogP) is 5.68. The number of carboxylic acids is 1. The fourth-order valence-electron chi connectivity index (χ4n) is 4.82. The van der Waals surface area contributed by atoms with Crippen LogP contribution in [0.1, 0.15) is 84.3 Å². The Morgan fingerprint density at radius 1 is 1.13 bits per heavy atom. The van der Waals surface area contributed by atoms with Crippen molar-refractivity contribution in [3.05, 3.63) is 45.5 Å². The number of carbonyl (C=O) groups excluding carboxylic acids is 2. The summed E-state index contributed by atoms with van der Waals surface area (Å²) in [4.78, 5) is 41.2. The fourth-order valence-corrected chi connectivity index (χ4v) is 5.39. The Kier molecular flexibility index (Phi) is 7.52. The number of aromatic nitrogens is 3. The lowest BCUT2D eigenvalue weighted by Crippen LogP contribution is -2.44. The van der Waals surface area contributed by atoms with Crippen molar-refractivity contribution in [3.8, 4) is 0 Å². The second-order valence-corrected chi connectivity index (χ2v) is 10.9. The summed E-state index contributed by atoms with van der Waals surface area (Å²) in [5, 5.41) is 15.3. The largest absolute Gasteiger partial charge is 0.481 e. The number of carboxylic acid groups (broad SMARTS) is 1. The Balaban J connectivity index is 1.58. The standard InChI is InChI=1S/C24H24Cl2F4N4O4/c1-22(21(37)38)4-2-12(3-5-22)34-19(24(28,29)30)13(9-32-34)20(36)33-17(23(27)6-7-23)8-16(35)18-14(25)10-31-11-15(18)26/h9-12,17H,2-8H2,1H3,(H,33,36)(H,37,38). The number of nitrogens with zero attached hydrogens (tertiary/aromatic N) is 3. The highest BCUT2D eigenvalue weighted by atomic mass is 35.5. The first-order chi connectivity index (χ1) is 17.7. The van der Waals surface area contributed by atoms with Crippen molar-refractivity contribution in [2.75, 3.05) is 0 Å². The molecule has 4 rings (SSSR count). The molecular weight excluding hydrogens is 555 g/mol. The van der Waals surface area contributed by atoms with Crippen LogP contribution in [0.15, 0.2) is 18.6 Å². The molecule has 14 heteroatoms. The number of amides is 1. The third kappa shape index (κ3) is 5.51. The van der Waals surface area contributed by atoms with Crippen LogP contribution in [0, 0.1) is 5.41 Å². The quantitative estimate of drug-likeness (QED) is 0.307. The average molecular weight is 579 g/mol. The fraction of sp³-hybridized carbons (Fsp3) is 0.542. The molecule has 8 nitrogen and oxygen atoms in total. The maximum atomic E-state index is 15.1. The van der Waals surface area contributed by atoms with Gasteiger partial charge in [-0.15, -0.1) is 0 Å². The molecule has 2 aliphatic rings. The van der Waals surface area contributed by atoms with Crippen LogP contribution in [0.2, 0.25) is 10.0 Å². The molecule has 2 aromatic heterocycles. The van der Waals surface area contributed by atoms with Crippen LogP contribution in [-0.2, 0) is 11.0 Å². The van der Waals surface area contributed by atoms with Crippen molar-refractivity contribution in [1.29, 1.82) is 0 Å². The van der Waals surface area contributed by atoms with Crippen molar-refractivity contribution < 1.29 is 37.1 Å². The third-order valence-electron chi connectivity index (χ3n) is 7.41. The molecular formula is C24H24Cl2F4N4O4. The second kappa shape index (κ2) is 10.1. The minimum Gasteiger partial charge on any atom is -0.481 e. The molecule has 1 unspecified atom stereocenters. The van der Waals surface area contributed by atoms with Crippen LogP contribution in [0.25, 0.3) is 0 Å². The van der Waals surface area contributed by atoms with Gasteiger partial charge in [0, 0.05) is 18.8 Å². The topological polar surface area (TPSA) is 114 Å². The summed E-state index contributed by atoms with van der Waals surface area (Å²) in [6, 6.07) is -2.21. The molecule has 2 fully saturated rings. The molecule has 0 bridgehead atoms. The molecule has 2 heterocycles. The molecule has 0 radical (unpaired) electrons. The minimum absolute atomic E-state index is 0.0127. The van der Waals surface area contributed by atoms with Gasteiger partial charge >= 0.3 is 12.1 Å². The summed E-state index contributed by atoms with van der Waals surface area (Å²) in [6.45, 7) is 1.54. The van der Waals surface area contributed by atoms with E-state index in [2.05, 4.69) is 15.4 Å². The number of Topliss-reactive ketones (excluding diaryl/α,β-unsaturated/α-hetero) is 1. The number of ketones is 1. The van der Waals surface area contributed by atoms with E-state index >= 15 is 4.39 Å². The predicted molar refractivity (Wildman–Crippen MR) is 128 cm³/mol. The minimum atomic E-state index is -4.98. The number of rotatable bonds is 8. The van der Waals surface area contributed by atoms with Crippen LogP contribution >= 0.6 is 23.2 Å². The van der Waals surface area contributed by atoms with E-state index in [4.69, 9.17) is 23.2 Å². The maximum Gasteiger partial charge on any atom is 0.433 e. The summed E-state index contributed by atoms with van der Waals surface area (Å²) in [6.07, 6.45) is -1.92. The molecule has 206 valence electrons. The van der Waals surface area contributed by atoms with Gasteiger partial charge < -0.3 is 10.4 Å². The second-order valence-electron chi connectivity index (χ2n) is 10.1. The van der Waals surface area contributed by atoms with Gasteiger partial charge in [-0.2, -0.15) is 18.3 Å². The first-order valence-electron chi connectivity index (χ1n) is 11.9. The van der Waals surface area contributed by atoms with Gasteiger partial charge in [-0.1, -0.05) is 23.2 Å². The van der Waals surface area contributed by atoms with Crippen LogP contribution < -0.4 is 5.32 Å². The Labute approximate surface area is 224 Å². The van der Waals surface area contributed by atoms with Crippen molar-refractivity contribution in [2.24, 2.45) is 5.41 Å². The van der Waals surface area contributed by atoms with Gasteiger partial charge in [0.05, 0.1) is 44.9 Å². The van der Waals surface area contributed by atoms with Gasteiger partial charge in [0.1, 0.15) is 5.67 Å². The van der Waals surface area contributed by atoms with Crippen LogP contribution in [0.3, 0.4) is 0 Å². The molecule has 0 saturated heterocycles. The third-order valence-corrected chi connectivity index (χ3v) is 7.98. The maximum absolute atomic E-state index is 15.1. The summed E-state index contributed by atoms with van der Waals surface area (Å²) >= 11 is 12.0. The molecule has 0 aromatic carbocycles. The number of alkyl halides is 4. The number of carbonyl (C=O) groups is 3. The van der Waals surface area contributed by atoms with Gasteiger partial charge in [0.15, 0.2) is 11.5 Å². The highest BCUT2D eigenvalue weighted by molar-refractivity contribution is 6.39. The zero-order chi connectivity index (χ0) is 28.0. The van der Waals surface area contributed by atoms with Crippen LogP contribution in [0.4, 0.5) is 17.6 Å². The van der Waals surface area contributed by atoms with E-state index in [1.54, 1.807) is 0 Å². The van der Waals surface area contributed by atoms with Crippen LogP contribution in [0.5, 0.6) is 0 Å². The van der Waals surface area contributed by atoms with E-state index in [1.165, 1.54) is 19.3 Å². The lowest BCUT2D eigenvalue weighted by Gasteiger charge is -2.34. The van der Waals surface area contributed by atoms with Gasteiger partial charge in [-0.05, 0) is 45.4 Å². The zero-order valence-electron chi connectivity index (χ0n) is 20.1. The number of halogens is 6. The smallest absolute Gasteiger partial charge is 0.433 e. The molecule has 1 atom stereocenters. The summed E-state index contributed by atoms with van der Waals surface area (Å²) < 4.78 is 58.3. The first kappa shape index (κ1) is 28.3. The van der Waals surface area contributed by atoms with Crippen molar-refractivity contribution in [1.82, 2.24) is 20.1 Å². The summed E-state index contributed by atoms with van der Waals surface area (Å²) in [5.41, 5.74) is -5.28. The number of hydrogen-bond acceptors (Lipinski definition) is 5. The Bertz CT molecular complexity index is 1250. The van der Waals surface area contributed by atoms with Gasteiger partial charge in [-0.25, -0.2) is 4.39 Å². The van der Waals surface area contributed by atoms with Gasteiger partial charge in [0.25, 0.3) is 5.91 Å². The van der Waals surface area contributed by atoms with E-state index in [1.807, 2.05) is 0 Å². The molecule has 2 saturated carbocycles. The molecule has 2 N–H and O–H groups in total. The van der Waals surface area contributed by atoms with E-state index in [0.29, 0.717) is 4.68 Å². The Morgan fingerprint density at radius 2 is 1.71 bits per heavy atom. The molecule has 1 amide bonds. The van der Waals surface area contributed by atoms with Crippen molar-refractivity contribution in [2.45, 2.75) is 75.8 Å². The highest BCUT2D eigenvalue weighted by Crippen LogP contribution is 2.46.